The third-order valence-corrected chi connectivity index (χ3v) is 4.01. The number of nitrogens with one attached hydrogen (secondary N) is 2. The van der Waals surface area contributed by atoms with Crippen LogP contribution in [0.4, 0.5) is 5.82 Å². The summed E-state index contributed by atoms with van der Waals surface area (Å²) in [4.78, 5) is 10.8. The maximum Gasteiger partial charge on any atom is 0.266 e. The first-order valence-electron chi connectivity index (χ1n) is 5.82. The first-order chi connectivity index (χ1) is 9.96. The smallest absolute Gasteiger partial charge is 0.266 e. The molecule has 0 saturated carbocycles. The van der Waals surface area contributed by atoms with E-state index in [-0.39, 0.29) is 23.1 Å². The molecule has 1 heterocycles. The molecule has 0 radical (unpaired) electrons. The van der Waals surface area contributed by atoms with E-state index in [0.717, 1.165) is 6.07 Å². The van der Waals surface area contributed by atoms with Crippen molar-refractivity contribution in [2.45, 2.75) is 11.5 Å². The molecule has 0 aliphatic heterocycles. The summed E-state index contributed by atoms with van der Waals surface area (Å²) in [6.45, 7) is -0.231. The Labute approximate surface area is 120 Å². The Balaban J connectivity index is 2.39. The fourth-order valence-electron chi connectivity index (χ4n) is 1.63. The highest BCUT2D eigenvalue weighted by Crippen LogP contribution is 2.26. The number of aliphatic hydroxyl groups is 1. The van der Waals surface area contributed by atoms with Crippen molar-refractivity contribution in [2.24, 2.45) is 0 Å². The number of benzene rings is 1. The van der Waals surface area contributed by atoms with Gasteiger partial charge in [0.1, 0.15) is 10.6 Å². The summed E-state index contributed by atoms with van der Waals surface area (Å²) in [5, 5.41) is 14.7. The number of H-pyrrole nitrogens is 1. The van der Waals surface area contributed by atoms with Gasteiger partial charge in [0.15, 0.2) is 5.82 Å². The Bertz CT molecular complexity index is 780. The minimum atomic E-state index is -3.94. The maximum atomic E-state index is 12.3. The summed E-state index contributed by atoms with van der Waals surface area (Å²) >= 11 is 0. The Hall–Kier alpha value is -2.39. The van der Waals surface area contributed by atoms with E-state index < -0.39 is 15.6 Å². The van der Waals surface area contributed by atoms with Crippen LogP contribution in [-0.4, -0.2) is 30.8 Å². The summed E-state index contributed by atoms with van der Waals surface area (Å²) in [5.41, 5.74) is 0.0794. The van der Waals surface area contributed by atoms with Gasteiger partial charge in [-0.2, -0.15) is 5.10 Å². The van der Waals surface area contributed by atoms with Crippen molar-refractivity contribution in [2.75, 3.05) is 11.8 Å². The molecule has 0 unspecified atom stereocenters. The molecule has 1 aromatic heterocycles. The van der Waals surface area contributed by atoms with Gasteiger partial charge in [0, 0.05) is 6.07 Å². The molecule has 0 aliphatic rings. The van der Waals surface area contributed by atoms with E-state index in [4.69, 9.17) is 9.84 Å². The van der Waals surface area contributed by atoms with Gasteiger partial charge < -0.3 is 9.84 Å². The first kappa shape index (κ1) is 15.0. The molecule has 112 valence electrons. The number of nitrogens with zero attached hydrogens (tertiary/aromatic N) is 1. The summed E-state index contributed by atoms with van der Waals surface area (Å²) in [6.07, 6.45) is 0. The topological polar surface area (TPSA) is 121 Å². The van der Waals surface area contributed by atoms with Gasteiger partial charge in [0.2, 0.25) is 0 Å². The van der Waals surface area contributed by atoms with Gasteiger partial charge in [-0.15, -0.1) is 0 Å². The molecule has 9 heteroatoms. The zero-order valence-electron chi connectivity index (χ0n) is 11.0. The fourth-order valence-corrected chi connectivity index (χ4v) is 2.78. The summed E-state index contributed by atoms with van der Waals surface area (Å²) in [5.74, 6) is 0.0707. The van der Waals surface area contributed by atoms with E-state index >= 15 is 0 Å². The molecule has 0 spiro atoms. The van der Waals surface area contributed by atoms with Crippen LogP contribution in [0.2, 0.25) is 0 Å². The van der Waals surface area contributed by atoms with Gasteiger partial charge in [-0.25, -0.2) is 13.5 Å². The van der Waals surface area contributed by atoms with Crippen LogP contribution in [0.5, 0.6) is 5.75 Å². The molecule has 0 amide bonds. The number of hydrogen-bond donors (Lipinski definition) is 3. The lowest BCUT2D eigenvalue weighted by Crippen LogP contribution is -2.17. The second kappa shape index (κ2) is 5.94. The highest BCUT2D eigenvalue weighted by Gasteiger charge is 2.20. The Kier molecular flexibility index (Phi) is 4.24. The van der Waals surface area contributed by atoms with Crippen LogP contribution in [0.15, 0.2) is 40.0 Å². The Morgan fingerprint density at radius 2 is 2.10 bits per heavy atom. The summed E-state index contributed by atoms with van der Waals surface area (Å²) in [6, 6.07) is 6.60. The lowest BCUT2D eigenvalue weighted by Gasteiger charge is -2.11. The largest absolute Gasteiger partial charge is 0.495 e. The molecule has 8 nitrogen and oxygen atoms in total. The SMILES string of the molecule is COc1cc(CO)ccc1S(=O)(=O)Nc1ccc(=O)[nH]n1. The molecule has 1 aromatic carbocycles. The van der Waals surface area contributed by atoms with Gasteiger partial charge in [-0.3, -0.25) is 9.52 Å². The number of hydrogen-bond acceptors (Lipinski definition) is 6. The van der Waals surface area contributed by atoms with E-state index in [1.54, 1.807) is 0 Å². The molecule has 3 N–H and O–H groups in total. The van der Waals surface area contributed by atoms with Gasteiger partial charge in [0.25, 0.3) is 15.6 Å². The number of anilines is 1. The van der Waals surface area contributed by atoms with Gasteiger partial charge in [-0.05, 0) is 23.8 Å². The van der Waals surface area contributed by atoms with Crippen molar-refractivity contribution in [3.8, 4) is 5.75 Å². The van der Waals surface area contributed by atoms with Crippen LogP contribution in [-0.2, 0) is 16.6 Å². The minimum absolute atomic E-state index is 0.0251. The molecule has 0 atom stereocenters. The second-order valence-electron chi connectivity index (χ2n) is 4.06. The fraction of sp³-hybridized carbons (Fsp3) is 0.167. The van der Waals surface area contributed by atoms with Crippen molar-refractivity contribution in [1.29, 1.82) is 0 Å². The van der Waals surface area contributed by atoms with Gasteiger partial charge >= 0.3 is 0 Å². The van der Waals surface area contributed by atoms with Crippen molar-refractivity contribution in [3.63, 3.8) is 0 Å². The standard InChI is InChI=1S/C12H13N3O5S/c1-20-9-6-8(7-16)2-3-10(9)21(18,19)15-11-4-5-12(17)14-13-11/h2-6,16H,7H2,1H3,(H,13,15)(H,14,17). The van der Waals surface area contributed by atoms with E-state index in [1.807, 2.05) is 0 Å². The summed E-state index contributed by atoms with van der Waals surface area (Å²) < 4.78 is 31.8. The van der Waals surface area contributed by atoms with Crippen LogP contribution in [0.1, 0.15) is 5.56 Å². The zero-order valence-corrected chi connectivity index (χ0v) is 11.8. The predicted molar refractivity (Wildman–Crippen MR) is 74.6 cm³/mol. The second-order valence-corrected chi connectivity index (χ2v) is 5.71. The average Bonchev–Trinajstić information content (AvgIpc) is 2.48. The minimum Gasteiger partial charge on any atom is -0.495 e. The third kappa shape index (κ3) is 3.38. The molecule has 0 bridgehead atoms. The highest BCUT2D eigenvalue weighted by molar-refractivity contribution is 7.92. The van der Waals surface area contributed by atoms with Gasteiger partial charge in [0.05, 0.1) is 13.7 Å². The Morgan fingerprint density at radius 1 is 1.33 bits per heavy atom. The highest BCUT2D eigenvalue weighted by atomic mass is 32.2. The van der Waals surface area contributed by atoms with Gasteiger partial charge in [-0.1, -0.05) is 6.07 Å². The van der Waals surface area contributed by atoms with Crippen molar-refractivity contribution in [3.05, 3.63) is 46.2 Å². The lowest BCUT2D eigenvalue weighted by atomic mass is 10.2. The molecule has 0 fully saturated rings. The first-order valence-corrected chi connectivity index (χ1v) is 7.31. The molecule has 0 aliphatic carbocycles. The van der Waals surface area contributed by atoms with E-state index in [0.29, 0.717) is 5.56 Å². The number of rotatable bonds is 5. The third-order valence-electron chi connectivity index (χ3n) is 2.62. The van der Waals surface area contributed by atoms with Crippen LogP contribution in [0.3, 0.4) is 0 Å². The van der Waals surface area contributed by atoms with Crippen molar-refractivity contribution in [1.82, 2.24) is 10.2 Å². The number of methoxy groups -OCH3 is 1. The average molecular weight is 311 g/mol. The van der Waals surface area contributed by atoms with Crippen LogP contribution in [0, 0.1) is 0 Å². The van der Waals surface area contributed by atoms with E-state index in [2.05, 4.69) is 14.9 Å². The number of aromatic amines is 1. The lowest BCUT2D eigenvalue weighted by molar-refractivity contribution is 0.280. The maximum absolute atomic E-state index is 12.3. The van der Waals surface area contributed by atoms with Crippen LogP contribution < -0.4 is 15.0 Å². The molecule has 2 rings (SSSR count). The normalized spacial score (nSPS) is 11.1. The predicted octanol–water partition coefficient (Wildman–Crippen LogP) is 0.0716. The monoisotopic (exact) mass is 311 g/mol. The van der Waals surface area contributed by atoms with E-state index in [9.17, 15) is 13.2 Å². The van der Waals surface area contributed by atoms with E-state index in [1.165, 1.54) is 31.4 Å². The molecule has 2 aromatic rings. The molecular weight excluding hydrogens is 298 g/mol. The number of ether oxygens (including phenoxy) is 1. The Morgan fingerprint density at radius 3 is 2.67 bits per heavy atom. The quantitative estimate of drug-likeness (QED) is 0.718. The number of aromatic nitrogens is 2. The molecular formula is C12H13N3O5S. The van der Waals surface area contributed by atoms with Crippen molar-refractivity contribution < 1.29 is 18.3 Å². The van der Waals surface area contributed by atoms with Crippen LogP contribution >= 0.6 is 0 Å². The number of aliphatic hydroxyl groups excluding tert-OH is 1. The molecule has 21 heavy (non-hydrogen) atoms. The molecule has 0 saturated heterocycles. The van der Waals surface area contributed by atoms with Crippen LogP contribution in [0.25, 0.3) is 0 Å². The van der Waals surface area contributed by atoms with Crippen molar-refractivity contribution >= 4 is 15.8 Å². The number of sulfonamides is 1. The zero-order chi connectivity index (χ0) is 15.5. The summed E-state index contributed by atoms with van der Waals surface area (Å²) in [7, 11) is -2.61.